The summed E-state index contributed by atoms with van der Waals surface area (Å²) in [5.74, 6) is -0.654. The summed E-state index contributed by atoms with van der Waals surface area (Å²) in [5, 5.41) is 7.10. The predicted octanol–water partition coefficient (Wildman–Crippen LogP) is 3.03. The fraction of sp³-hybridized carbons (Fsp3) is 0.227. The van der Waals surface area contributed by atoms with E-state index < -0.39 is 5.82 Å². The molecule has 9 heteroatoms. The van der Waals surface area contributed by atoms with Gasteiger partial charge in [-0.3, -0.25) is 14.6 Å². The first-order valence-corrected chi connectivity index (χ1v) is 9.69. The van der Waals surface area contributed by atoms with Gasteiger partial charge in [-0.1, -0.05) is 26.8 Å². The molecule has 0 saturated carbocycles. The second-order valence-electron chi connectivity index (χ2n) is 8.13. The number of carbonyl (C=O) groups is 1. The average Bonchev–Trinajstić information content (AvgIpc) is 3.19. The molecule has 8 nitrogen and oxygen atoms in total. The van der Waals surface area contributed by atoms with Crippen molar-refractivity contribution in [3.8, 4) is 11.4 Å². The Morgan fingerprint density at radius 1 is 1.13 bits per heavy atom. The van der Waals surface area contributed by atoms with Crippen LogP contribution in [0.15, 0.2) is 59.7 Å². The zero-order valence-electron chi connectivity index (χ0n) is 17.3. The normalized spacial score (nSPS) is 11.6. The fourth-order valence-corrected chi connectivity index (χ4v) is 3.14. The zero-order chi connectivity index (χ0) is 22.2. The molecule has 31 heavy (non-hydrogen) atoms. The Hall–Kier alpha value is -3.88. The molecule has 0 spiro atoms. The lowest BCUT2D eigenvalue weighted by Crippen LogP contribution is -2.25. The number of amides is 1. The van der Waals surface area contributed by atoms with Gasteiger partial charge in [-0.25, -0.2) is 9.37 Å². The van der Waals surface area contributed by atoms with Crippen molar-refractivity contribution in [3.63, 3.8) is 0 Å². The number of nitrogens with one attached hydrogen (secondary N) is 1. The van der Waals surface area contributed by atoms with Crippen LogP contribution in [0.25, 0.3) is 17.0 Å². The highest BCUT2D eigenvalue weighted by molar-refractivity contribution is 5.90. The van der Waals surface area contributed by atoms with E-state index in [1.54, 1.807) is 35.0 Å². The summed E-state index contributed by atoms with van der Waals surface area (Å²) < 4.78 is 16.1. The molecule has 4 aromatic heterocycles. The summed E-state index contributed by atoms with van der Waals surface area (Å²) in [4.78, 5) is 33.8. The molecule has 4 aromatic rings. The third-order valence-electron chi connectivity index (χ3n) is 4.72. The summed E-state index contributed by atoms with van der Waals surface area (Å²) in [6.45, 7) is 5.87. The molecule has 1 N–H and O–H groups in total. The van der Waals surface area contributed by atoms with Crippen LogP contribution in [0.2, 0.25) is 0 Å². The minimum Gasteiger partial charge on any atom is -0.315 e. The molecular weight excluding hydrogens is 399 g/mol. The number of carbonyl (C=O) groups excluding carboxylic acids is 1. The summed E-state index contributed by atoms with van der Waals surface area (Å²) >= 11 is 0. The van der Waals surface area contributed by atoms with Crippen molar-refractivity contribution in [2.75, 3.05) is 5.32 Å². The molecule has 0 aliphatic rings. The van der Waals surface area contributed by atoms with Crippen molar-refractivity contribution in [2.24, 2.45) is 0 Å². The van der Waals surface area contributed by atoms with Gasteiger partial charge in [0, 0.05) is 23.7 Å². The monoisotopic (exact) mass is 420 g/mol. The van der Waals surface area contributed by atoms with E-state index in [9.17, 15) is 14.0 Å². The van der Waals surface area contributed by atoms with Gasteiger partial charge < -0.3 is 9.88 Å². The Balaban J connectivity index is 1.83. The average molecular weight is 420 g/mol. The third kappa shape index (κ3) is 4.20. The Morgan fingerprint density at radius 2 is 1.94 bits per heavy atom. The van der Waals surface area contributed by atoms with Crippen molar-refractivity contribution >= 4 is 17.4 Å². The number of anilines is 1. The van der Waals surface area contributed by atoms with E-state index in [2.05, 4.69) is 20.4 Å². The van der Waals surface area contributed by atoms with E-state index in [0.717, 1.165) is 11.9 Å². The largest absolute Gasteiger partial charge is 0.315 e. The first-order chi connectivity index (χ1) is 14.7. The Bertz CT molecular complexity index is 1300. The molecule has 4 heterocycles. The lowest BCUT2D eigenvalue weighted by atomic mass is 9.93. The molecule has 0 bridgehead atoms. The highest BCUT2D eigenvalue weighted by Crippen LogP contribution is 2.24. The van der Waals surface area contributed by atoms with Crippen molar-refractivity contribution in [1.29, 1.82) is 0 Å². The van der Waals surface area contributed by atoms with Crippen LogP contribution >= 0.6 is 0 Å². The second kappa shape index (κ2) is 7.75. The van der Waals surface area contributed by atoms with E-state index >= 15 is 0 Å². The first kappa shape index (κ1) is 20.4. The van der Waals surface area contributed by atoms with Crippen molar-refractivity contribution in [3.05, 3.63) is 76.7 Å². The summed E-state index contributed by atoms with van der Waals surface area (Å²) in [6.07, 6.45) is 2.65. The minimum atomic E-state index is -0.494. The molecule has 0 aromatic carbocycles. The summed E-state index contributed by atoms with van der Waals surface area (Å²) in [6, 6.07) is 11.2. The van der Waals surface area contributed by atoms with Gasteiger partial charge in [0.15, 0.2) is 0 Å². The van der Waals surface area contributed by atoms with Crippen LogP contribution in [-0.4, -0.2) is 30.1 Å². The topological polar surface area (TPSA) is 94.2 Å². The number of aromatic nitrogens is 5. The molecule has 4 rings (SSSR count). The molecule has 158 valence electrons. The SMILES string of the molecule is CC(C)(C)c1cc2n(CC(=O)Nc3ccc(F)cn3)c(-c3ccccn3)cc(=O)n2n1. The first-order valence-electron chi connectivity index (χ1n) is 9.69. The van der Waals surface area contributed by atoms with Crippen molar-refractivity contribution in [2.45, 2.75) is 32.7 Å². The Morgan fingerprint density at radius 3 is 2.58 bits per heavy atom. The fourth-order valence-electron chi connectivity index (χ4n) is 3.14. The van der Waals surface area contributed by atoms with Crippen LogP contribution in [0.1, 0.15) is 26.5 Å². The van der Waals surface area contributed by atoms with E-state index in [-0.39, 0.29) is 29.2 Å². The number of hydrogen-bond donors (Lipinski definition) is 1. The van der Waals surface area contributed by atoms with Gasteiger partial charge in [0.25, 0.3) is 5.56 Å². The van der Waals surface area contributed by atoms with Crippen LogP contribution < -0.4 is 10.9 Å². The Kier molecular flexibility index (Phi) is 5.10. The molecule has 1 amide bonds. The quantitative estimate of drug-likeness (QED) is 0.548. The molecule has 0 atom stereocenters. The van der Waals surface area contributed by atoms with Gasteiger partial charge in [-0.15, -0.1) is 0 Å². The lowest BCUT2D eigenvalue weighted by Gasteiger charge is -2.15. The molecule has 0 unspecified atom stereocenters. The second-order valence-corrected chi connectivity index (χ2v) is 8.13. The number of hydrogen-bond acceptors (Lipinski definition) is 5. The number of halogens is 1. The Labute approximate surface area is 177 Å². The smallest absolute Gasteiger partial charge is 0.274 e. The van der Waals surface area contributed by atoms with Crippen molar-refractivity contribution in [1.82, 2.24) is 24.1 Å². The molecule has 0 aliphatic carbocycles. The van der Waals surface area contributed by atoms with Gasteiger partial charge in [0.2, 0.25) is 5.91 Å². The molecule has 0 aliphatic heterocycles. The van der Waals surface area contributed by atoms with E-state index in [1.165, 1.54) is 22.7 Å². The van der Waals surface area contributed by atoms with Gasteiger partial charge in [-0.2, -0.15) is 9.61 Å². The highest BCUT2D eigenvalue weighted by Gasteiger charge is 2.22. The molecule has 0 fully saturated rings. The van der Waals surface area contributed by atoms with Crippen LogP contribution in [0.4, 0.5) is 10.2 Å². The van der Waals surface area contributed by atoms with Gasteiger partial charge in [-0.05, 0) is 24.3 Å². The zero-order valence-corrected chi connectivity index (χ0v) is 17.3. The number of fused-ring (bicyclic) bond motifs is 1. The maximum atomic E-state index is 13.1. The van der Waals surface area contributed by atoms with Crippen LogP contribution in [0, 0.1) is 5.82 Å². The lowest BCUT2D eigenvalue weighted by molar-refractivity contribution is -0.116. The number of pyridine rings is 2. The van der Waals surface area contributed by atoms with Gasteiger partial charge in [0.1, 0.15) is 23.8 Å². The van der Waals surface area contributed by atoms with Crippen molar-refractivity contribution < 1.29 is 9.18 Å². The highest BCUT2D eigenvalue weighted by atomic mass is 19.1. The maximum absolute atomic E-state index is 13.1. The third-order valence-corrected chi connectivity index (χ3v) is 4.72. The molecular formula is C22H21FN6O2. The maximum Gasteiger partial charge on any atom is 0.274 e. The van der Waals surface area contributed by atoms with Crippen LogP contribution in [-0.2, 0) is 16.8 Å². The van der Waals surface area contributed by atoms with Crippen LogP contribution in [0.5, 0.6) is 0 Å². The molecule has 0 saturated heterocycles. The van der Waals surface area contributed by atoms with Crippen LogP contribution in [0.3, 0.4) is 0 Å². The molecule has 0 radical (unpaired) electrons. The van der Waals surface area contributed by atoms with E-state index in [0.29, 0.717) is 17.0 Å². The van der Waals surface area contributed by atoms with Gasteiger partial charge >= 0.3 is 0 Å². The summed E-state index contributed by atoms with van der Waals surface area (Å²) in [7, 11) is 0. The number of nitrogens with zero attached hydrogens (tertiary/aromatic N) is 5. The van der Waals surface area contributed by atoms with Gasteiger partial charge in [0.05, 0.1) is 23.3 Å². The number of rotatable bonds is 4. The van der Waals surface area contributed by atoms with E-state index in [1.807, 2.05) is 20.8 Å². The standard InChI is InChI=1S/C22H21FN6O2/c1-22(2,3)17-11-20-28(13-19(30)26-18-8-7-14(23)12-25-18)16(10-21(31)29(20)27-17)15-6-4-5-9-24-15/h4-12H,13H2,1-3H3,(H,25,26,30). The summed E-state index contributed by atoms with van der Waals surface area (Å²) in [5.41, 5.74) is 1.62. The predicted molar refractivity (Wildman–Crippen MR) is 114 cm³/mol. The minimum absolute atomic E-state index is 0.121. The van der Waals surface area contributed by atoms with E-state index in [4.69, 9.17) is 0 Å².